The molecule has 2 amide bonds. The van der Waals surface area contributed by atoms with Crippen molar-refractivity contribution in [2.45, 2.75) is 24.1 Å². The maximum absolute atomic E-state index is 15.1. The molecule has 2 aromatic heterocycles. The van der Waals surface area contributed by atoms with Gasteiger partial charge in [-0.15, -0.1) is 21.5 Å². The third kappa shape index (κ3) is 5.97. The predicted molar refractivity (Wildman–Crippen MR) is 141 cm³/mol. The molecule has 1 aliphatic rings. The largest absolute Gasteiger partial charge is 0.384 e. The number of tetrazole rings is 1. The van der Waals surface area contributed by atoms with Gasteiger partial charge >= 0.3 is 0 Å². The van der Waals surface area contributed by atoms with E-state index < -0.39 is 50.8 Å². The van der Waals surface area contributed by atoms with Gasteiger partial charge in [-0.1, -0.05) is 6.07 Å². The topological polar surface area (TPSA) is 169 Å². The summed E-state index contributed by atoms with van der Waals surface area (Å²) >= 11 is 0.887. The fraction of sp³-hybridized carbons (Fsp3) is 0.333. The van der Waals surface area contributed by atoms with Gasteiger partial charge in [0, 0.05) is 24.8 Å². The van der Waals surface area contributed by atoms with Crippen molar-refractivity contribution >= 4 is 43.2 Å². The van der Waals surface area contributed by atoms with Crippen LogP contribution in [-0.2, 0) is 24.2 Å². The molecule has 1 aliphatic carbocycles. The van der Waals surface area contributed by atoms with Crippen LogP contribution in [0.15, 0.2) is 30.3 Å². The van der Waals surface area contributed by atoms with Gasteiger partial charge < -0.3 is 15.4 Å². The van der Waals surface area contributed by atoms with Crippen LogP contribution in [0.25, 0.3) is 32.7 Å². The SMILES string of the molecule is COCCS(=O)(=O)C(C(=O)NCC(=O)NC1CC1)c1nc2cc(F)c(-c3ccc(-c4nn[nH]n4)c(F)c3)cc2s1. The van der Waals surface area contributed by atoms with E-state index in [0.717, 1.165) is 36.3 Å². The number of rotatable bonds is 11. The van der Waals surface area contributed by atoms with E-state index in [1.807, 2.05) is 0 Å². The van der Waals surface area contributed by atoms with Crippen molar-refractivity contribution < 1.29 is 31.5 Å². The van der Waals surface area contributed by atoms with Crippen molar-refractivity contribution in [2.24, 2.45) is 0 Å². The van der Waals surface area contributed by atoms with Crippen molar-refractivity contribution in [1.82, 2.24) is 36.2 Å². The summed E-state index contributed by atoms with van der Waals surface area (Å²) in [5.74, 6) is -3.22. The van der Waals surface area contributed by atoms with Gasteiger partial charge in [0.1, 0.15) is 16.6 Å². The lowest BCUT2D eigenvalue weighted by Crippen LogP contribution is -2.41. The monoisotopic (exact) mass is 591 g/mol. The molecule has 210 valence electrons. The number of methoxy groups -OCH3 is 1. The Kier molecular flexibility index (Phi) is 7.82. The molecule has 2 heterocycles. The first-order chi connectivity index (χ1) is 19.2. The van der Waals surface area contributed by atoms with E-state index in [-0.39, 0.29) is 45.7 Å². The molecule has 2 aromatic carbocycles. The number of hydrogen-bond acceptors (Lipinski definition) is 10. The first-order valence-corrected chi connectivity index (χ1v) is 14.6. The zero-order valence-electron chi connectivity index (χ0n) is 21.0. The van der Waals surface area contributed by atoms with Gasteiger partial charge in [0.25, 0.3) is 0 Å². The van der Waals surface area contributed by atoms with Crippen LogP contribution < -0.4 is 10.6 Å². The molecule has 1 fully saturated rings. The Labute approximate surface area is 230 Å². The highest BCUT2D eigenvalue weighted by Gasteiger charge is 2.37. The van der Waals surface area contributed by atoms with Crippen molar-refractivity contribution in [1.29, 1.82) is 0 Å². The van der Waals surface area contributed by atoms with Crippen LogP contribution in [0.1, 0.15) is 23.1 Å². The lowest BCUT2D eigenvalue weighted by molar-refractivity contribution is -0.126. The zero-order chi connectivity index (χ0) is 28.4. The summed E-state index contributed by atoms with van der Waals surface area (Å²) in [4.78, 5) is 29.4. The Hall–Kier alpha value is -3.89. The Balaban J connectivity index is 1.46. The fourth-order valence-corrected chi connectivity index (χ4v) is 6.91. The van der Waals surface area contributed by atoms with Gasteiger partial charge in [0.05, 0.1) is 34.7 Å². The number of aromatic amines is 1. The molecule has 12 nitrogen and oxygen atoms in total. The molecular weight excluding hydrogens is 568 g/mol. The van der Waals surface area contributed by atoms with Crippen LogP contribution in [0, 0.1) is 11.6 Å². The van der Waals surface area contributed by atoms with E-state index in [1.165, 1.54) is 25.3 Å². The van der Waals surface area contributed by atoms with E-state index in [9.17, 15) is 22.4 Å². The number of thiazole rings is 1. The second-order valence-electron chi connectivity index (χ2n) is 9.08. The number of carbonyl (C=O) groups excluding carboxylic acids is 2. The van der Waals surface area contributed by atoms with E-state index in [1.54, 1.807) is 0 Å². The fourth-order valence-electron chi connectivity index (χ4n) is 3.95. The number of fused-ring (bicyclic) bond motifs is 1. The van der Waals surface area contributed by atoms with Crippen LogP contribution in [0.4, 0.5) is 8.78 Å². The standard InChI is InChI=1S/C24H23F2N7O5S2/c1-38-6-7-40(36,37)21(23(35)27-11-20(34)28-13-3-4-13)24-29-18-10-17(26)15(9-19(18)39-24)12-2-5-14(16(25)8-12)22-30-32-33-31-22/h2,5,8-10,13,21H,3-4,6-7,11H2,1H3,(H,27,35)(H,28,34)(H,30,31,32,33). The van der Waals surface area contributed by atoms with Crippen LogP contribution in [0.3, 0.4) is 0 Å². The number of sulfone groups is 1. The number of nitrogens with one attached hydrogen (secondary N) is 3. The third-order valence-corrected chi connectivity index (χ3v) is 9.24. The average molecular weight is 592 g/mol. The molecule has 3 N–H and O–H groups in total. The summed E-state index contributed by atoms with van der Waals surface area (Å²) in [5, 5.41) is 16.4. The quantitative estimate of drug-likeness (QED) is 0.236. The number of ether oxygens (including phenoxy) is 1. The summed E-state index contributed by atoms with van der Waals surface area (Å²) in [7, 11) is -2.81. The smallest absolute Gasteiger partial charge is 0.245 e. The van der Waals surface area contributed by atoms with Gasteiger partial charge in [0.15, 0.2) is 15.1 Å². The predicted octanol–water partition coefficient (Wildman–Crippen LogP) is 1.92. The molecule has 0 saturated heterocycles. The number of amides is 2. The molecular formula is C24H23F2N7O5S2. The molecule has 16 heteroatoms. The summed E-state index contributed by atoms with van der Waals surface area (Å²) in [6.07, 6.45) is 1.71. The van der Waals surface area contributed by atoms with Crippen molar-refractivity contribution in [3.05, 3.63) is 47.0 Å². The van der Waals surface area contributed by atoms with E-state index in [0.29, 0.717) is 4.70 Å². The Morgan fingerprint density at radius 3 is 2.62 bits per heavy atom. The van der Waals surface area contributed by atoms with Crippen LogP contribution in [0.5, 0.6) is 0 Å². The summed E-state index contributed by atoms with van der Waals surface area (Å²) in [6.45, 7) is -0.565. The minimum Gasteiger partial charge on any atom is -0.384 e. The zero-order valence-corrected chi connectivity index (χ0v) is 22.6. The van der Waals surface area contributed by atoms with Gasteiger partial charge in [-0.2, -0.15) is 5.21 Å². The summed E-state index contributed by atoms with van der Waals surface area (Å²) < 4.78 is 61.5. The Morgan fingerprint density at radius 2 is 1.95 bits per heavy atom. The minimum absolute atomic E-state index is 0.0380. The highest BCUT2D eigenvalue weighted by Crippen LogP contribution is 2.36. The van der Waals surface area contributed by atoms with E-state index in [4.69, 9.17) is 4.74 Å². The molecule has 0 spiro atoms. The summed E-state index contributed by atoms with van der Waals surface area (Å²) in [5.41, 5.74) is 0.445. The molecule has 5 rings (SSSR count). The molecule has 4 aromatic rings. The number of hydrogen-bond donors (Lipinski definition) is 3. The maximum atomic E-state index is 15.1. The maximum Gasteiger partial charge on any atom is 0.245 e. The second kappa shape index (κ2) is 11.3. The molecule has 40 heavy (non-hydrogen) atoms. The van der Waals surface area contributed by atoms with Gasteiger partial charge in [0.2, 0.25) is 17.6 Å². The first-order valence-electron chi connectivity index (χ1n) is 12.1. The van der Waals surface area contributed by atoms with Crippen LogP contribution >= 0.6 is 11.3 Å². The molecule has 1 atom stereocenters. The van der Waals surface area contributed by atoms with Crippen LogP contribution in [0.2, 0.25) is 0 Å². The van der Waals surface area contributed by atoms with Crippen LogP contribution in [-0.4, -0.2) is 77.9 Å². The molecule has 0 bridgehead atoms. The Morgan fingerprint density at radius 1 is 1.18 bits per heavy atom. The highest BCUT2D eigenvalue weighted by atomic mass is 32.2. The van der Waals surface area contributed by atoms with Crippen molar-refractivity contribution in [3.63, 3.8) is 0 Å². The number of nitrogens with zero attached hydrogens (tertiary/aromatic N) is 4. The summed E-state index contributed by atoms with van der Waals surface area (Å²) in [6, 6.07) is 6.57. The molecule has 0 radical (unpaired) electrons. The lowest BCUT2D eigenvalue weighted by atomic mass is 10.0. The van der Waals surface area contributed by atoms with E-state index >= 15 is 4.39 Å². The molecule has 0 aliphatic heterocycles. The van der Waals surface area contributed by atoms with Gasteiger partial charge in [-0.05, 0) is 41.8 Å². The highest BCUT2D eigenvalue weighted by molar-refractivity contribution is 7.92. The number of benzene rings is 2. The number of carbonyl (C=O) groups is 2. The molecule has 1 unspecified atom stereocenters. The lowest BCUT2D eigenvalue weighted by Gasteiger charge is -2.15. The first kappa shape index (κ1) is 27.7. The van der Waals surface area contributed by atoms with Gasteiger partial charge in [-0.25, -0.2) is 22.2 Å². The minimum atomic E-state index is -4.13. The van der Waals surface area contributed by atoms with Gasteiger partial charge in [-0.3, -0.25) is 9.59 Å². The normalized spacial score (nSPS) is 14.3. The number of H-pyrrole nitrogens is 1. The van der Waals surface area contributed by atoms with Crippen molar-refractivity contribution in [2.75, 3.05) is 26.0 Å². The number of aromatic nitrogens is 5. The average Bonchev–Trinajstić information content (AvgIpc) is 3.38. The van der Waals surface area contributed by atoms with Crippen molar-refractivity contribution in [3.8, 4) is 22.5 Å². The third-order valence-electron chi connectivity index (χ3n) is 6.12. The second-order valence-corrected chi connectivity index (χ2v) is 12.3. The van der Waals surface area contributed by atoms with E-state index in [2.05, 4.69) is 36.2 Å². The Bertz CT molecular complexity index is 1670. The molecule has 1 saturated carbocycles. The number of halogens is 2.